The van der Waals surface area contributed by atoms with Crippen molar-refractivity contribution >= 4 is 5.91 Å². The number of carbonyl (C=O) groups is 1. The molecule has 2 aromatic rings. The molecule has 32 heavy (non-hydrogen) atoms. The van der Waals surface area contributed by atoms with E-state index in [0.717, 1.165) is 12.8 Å². The molecule has 0 radical (unpaired) electrons. The molecule has 1 unspecified atom stereocenters. The molecule has 1 fully saturated rings. The van der Waals surface area contributed by atoms with Crippen molar-refractivity contribution in [2.75, 3.05) is 26.7 Å². The fraction of sp³-hybridized carbons (Fsp3) is 0.375. The third-order valence-electron chi connectivity index (χ3n) is 5.86. The number of ether oxygens (including phenoxy) is 1. The summed E-state index contributed by atoms with van der Waals surface area (Å²) in [4.78, 5) is 14.7. The number of hydrogen-bond acceptors (Lipinski definition) is 6. The van der Waals surface area contributed by atoms with Crippen LogP contribution in [0, 0.1) is 35.4 Å². The average molecular weight is 436 g/mol. The summed E-state index contributed by atoms with van der Waals surface area (Å²) in [5.41, 5.74) is 1.77. The van der Waals surface area contributed by atoms with Gasteiger partial charge in [-0.3, -0.25) is 4.79 Å². The lowest BCUT2D eigenvalue weighted by Crippen LogP contribution is -2.45. The lowest BCUT2D eigenvalue weighted by Gasteiger charge is -2.33. The van der Waals surface area contributed by atoms with Crippen LogP contribution in [0.5, 0.6) is 5.75 Å². The summed E-state index contributed by atoms with van der Waals surface area (Å²) in [6.07, 6.45) is 0.607. The Morgan fingerprint density at radius 1 is 1.28 bits per heavy atom. The Morgan fingerprint density at radius 2 is 2.00 bits per heavy atom. The molecule has 0 aliphatic carbocycles. The average Bonchev–Trinajstić information content (AvgIpc) is 2.80. The Hall–Kier alpha value is -3.46. The maximum atomic E-state index is 13.7. The molecule has 2 N–H and O–H groups in total. The summed E-state index contributed by atoms with van der Waals surface area (Å²) in [6, 6.07) is 11.3. The number of likely N-dealkylation sites (tertiary alicyclic amines) is 1. The van der Waals surface area contributed by atoms with Gasteiger partial charge < -0.3 is 20.1 Å². The van der Waals surface area contributed by atoms with Gasteiger partial charge in [0.25, 0.3) is 5.91 Å². The molecule has 8 heteroatoms. The summed E-state index contributed by atoms with van der Waals surface area (Å²) >= 11 is 0. The highest BCUT2D eigenvalue weighted by Gasteiger charge is 2.24. The van der Waals surface area contributed by atoms with Gasteiger partial charge in [-0.15, -0.1) is 0 Å². The molecule has 1 atom stereocenters. The fourth-order valence-corrected chi connectivity index (χ4v) is 3.99. The van der Waals surface area contributed by atoms with Crippen LogP contribution in [0.15, 0.2) is 30.3 Å². The van der Waals surface area contributed by atoms with Crippen LogP contribution < -0.4 is 10.1 Å². The molecule has 0 aromatic heterocycles. The molecule has 2 aromatic carbocycles. The quantitative estimate of drug-likeness (QED) is 0.721. The Bertz CT molecular complexity index is 1080. The normalized spacial score (nSPS) is 15.4. The first-order valence-corrected chi connectivity index (χ1v) is 10.4. The maximum Gasteiger partial charge on any atom is 0.251 e. The van der Waals surface area contributed by atoms with Crippen molar-refractivity contribution in [1.82, 2.24) is 10.2 Å². The van der Waals surface area contributed by atoms with E-state index in [1.807, 2.05) is 12.1 Å². The van der Waals surface area contributed by atoms with Gasteiger partial charge in [-0.1, -0.05) is 6.07 Å². The van der Waals surface area contributed by atoms with Crippen molar-refractivity contribution in [3.05, 3.63) is 64.0 Å². The van der Waals surface area contributed by atoms with Gasteiger partial charge in [0, 0.05) is 31.2 Å². The van der Waals surface area contributed by atoms with E-state index in [1.54, 1.807) is 25.1 Å². The monoisotopic (exact) mass is 436 g/mol. The molecule has 166 valence electrons. The number of hydrogen-bond donors (Lipinski definition) is 2. The lowest BCUT2D eigenvalue weighted by molar-refractivity contribution is 0.0826. The second kappa shape index (κ2) is 10.2. The minimum atomic E-state index is -0.833. The van der Waals surface area contributed by atoms with E-state index in [9.17, 15) is 14.3 Å². The van der Waals surface area contributed by atoms with E-state index < -0.39 is 11.9 Å². The van der Waals surface area contributed by atoms with Gasteiger partial charge in [-0.05, 0) is 55.2 Å². The lowest BCUT2D eigenvalue weighted by atomic mass is 9.97. The second-order valence-corrected chi connectivity index (χ2v) is 7.84. The predicted octanol–water partition coefficient (Wildman–Crippen LogP) is 2.81. The van der Waals surface area contributed by atoms with E-state index in [1.165, 1.54) is 19.2 Å². The number of benzene rings is 2. The number of aliphatic hydroxyl groups is 1. The van der Waals surface area contributed by atoms with Crippen LogP contribution in [0.1, 0.15) is 51.6 Å². The molecule has 7 nitrogen and oxygen atoms in total. The van der Waals surface area contributed by atoms with Gasteiger partial charge in [0.1, 0.15) is 23.7 Å². The zero-order chi connectivity index (χ0) is 23.3. The van der Waals surface area contributed by atoms with Crippen molar-refractivity contribution in [2.24, 2.45) is 0 Å². The predicted molar refractivity (Wildman–Crippen MR) is 115 cm³/mol. The van der Waals surface area contributed by atoms with Crippen molar-refractivity contribution in [1.29, 1.82) is 10.5 Å². The zero-order valence-electron chi connectivity index (χ0n) is 18.1. The minimum absolute atomic E-state index is 0.00437. The van der Waals surface area contributed by atoms with E-state index in [2.05, 4.69) is 10.2 Å². The van der Waals surface area contributed by atoms with Crippen molar-refractivity contribution in [3.63, 3.8) is 0 Å². The number of halogens is 1. The molecule has 3 rings (SSSR count). The molecule has 1 heterocycles. The third-order valence-corrected chi connectivity index (χ3v) is 5.86. The number of carbonyl (C=O) groups excluding carboxylic acids is 1. The van der Waals surface area contributed by atoms with Crippen LogP contribution in [0.2, 0.25) is 0 Å². The van der Waals surface area contributed by atoms with Crippen LogP contribution in [0.25, 0.3) is 0 Å². The SMILES string of the molecule is COc1cc(C(=O)NC2CCN(CC(O)c3ccc(F)c(C#N)c3C)CC2)ccc1C#N. The first-order valence-electron chi connectivity index (χ1n) is 10.4. The van der Waals surface area contributed by atoms with Crippen LogP contribution >= 0.6 is 0 Å². The number of β-amino-alcohol motifs (C(OH)–C–C–N with tert-alkyl or cyclic N) is 1. The van der Waals surface area contributed by atoms with Gasteiger partial charge in [-0.2, -0.15) is 10.5 Å². The number of nitriles is 2. The number of piperidine rings is 1. The number of nitrogens with one attached hydrogen (secondary N) is 1. The highest BCUT2D eigenvalue weighted by atomic mass is 19.1. The van der Waals surface area contributed by atoms with Crippen LogP contribution in [-0.2, 0) is 0 Å². The maximum absolute atomic E-state index is 13.7. The summed E-state index contributed by atoms with van der Waals surface area (Å²) < 4.78 is 18.9. The zero-order valence-corrected chi connectivity index (χ0v) is 18.1. The first-order chi connectivity index (χ1) is 15.4. The first kappa shape index (κ1) is 23.2. The van der Waals surface area contributed by atoms with Gasteiger partial charge >= 0.3 is 0 Å². The van der Waals surface area contributed by atoms with Gasteiger partial charge in [-0.25, -0.2) is 4.39 Å². The largest absolute Gasteiger partial charge is 0.495 e. The molecular weight excluding hydrogens is 411 g/mol. The topological polar surface area (TPSA) is 109 Å². The molecular formula is C24H25FN4O3. The Kier molecular flexibility index (Phi) is 7.42. The highest BCUT2D eigenvalue weighted by molar-refractivity contribution is 5.95. The number of rotatable bonds is 6. The van der Waals surface area contributed by atoms with Crippen LogP contribution in [0.3, 0.4) is 0 Å². The van der Waals surface area contributed by atoms with Gasteiger partial charge in [0.2, 0.25) is 0 Å². The fourth-order valence-electron chi connectivity index (χ4n) is 3.99. The molecule has 1 saturated heterocycles. The van der Waals surface area contributed by atoms with Crippen molar-refractivity contribution < 1.29 is 19.0 Å². The van der Waals surface area contributed by atoms with E-state index in [4.69, 9.17) is 15.3 Å². The second-order valence-electron chi connectivity index (χ2n) is 7.84. The smallest absolute Gasteiger partial charge is 0.251 e. The number of amides is 1. The van der Waals surface area contributed by atoms with Crippen LogP contribution in [-0.4, -0.2) is 48.7 Å². The molecule has 0 saturated carbocycles. The number of nitrogens with zero attached hydrogens (tertiary/aromatic N) is 3. The highest BCUT2D eigenvalue weighted by Crippen LogP contribution is 2.25. The Labute approximate surface area is 186 Å². The van der Waals surface area contributed by atoms with Crippen LogP contribution in [0.4, 0.5) is 4.39 Å². The molecule has 0 bridgehead atoms. The van der Waals surface area contributed by atoms with Gasteiger partial charge in [0.05, 0.1) is 24.3 Å². The molecule has 0 spiro atoms. The van der Waals surface area contributed by atoms with Crippen molar-refractivity contribution in [3.8, 4) is 17.9 Å². The standard InChI is InChI=1S/C24H25FN4O3/c1-15-19(5-6-21(25)20(15)13-27)22(30)14-29-9-7-18(8-10-29)28-24(31)16-3-4-17(12-26)23(11-16)32-2/h3-6,11,18,22,30H,7-10,14H2,1-2H3,(H,28,31). The Balaban J connectivity index is 1.55. The summed E-state index contributed by atoms with van der Waals surface area (Å²) in [6.45, 7) is 3.37. The minimum Gasteiger partial charge on any atom is -0.495 e. The number of methoxy groups -OCH3 is 1. The molecule has 1 aliphatic heterocycles. The summed E-state index contributed by atoms with van der Waals surface area (Å²) in [5.74, 6) is -0.450. The van der Waals surface area contributed by atoms with Crippen molar-refractivity contribution in [2.45, 2.75) is 31.9 Å². The Morgan fingerprint density at radius 3 is 2.62 bits per heavy atom. The van der Waals surface area contributed by atoms with E-state index >= 15 is 0 Å². The molecule has 1 amide bonds. The third kappa shape index (κ3) is 5.05. The summed E-state index contributed by atoms with van der Waals surface area (Å²) in [5, 5.41) is 31.9. The number of aliphatic hydroxyl groups excluding tert-OH is 1. The van der Waals surface area contributed by atoms with E-state index in [0.29, 0.717) is 47.6 Å². The van der Waals surface area contributed by atoms with Gasteiger partial charge in [0.15, 0.2) is 0 Å². The summed E-state index contributed by atoms with van der Waals surface area (Å²) in [7, 11) is 1.45. The molecule has 1 aliphatic rings. The van der Waals surface area contributed by atoms with E-state index in [-0.39, 0.29) is 17.5 Å².